The zero-order chi connectivity index (χ0) is 15.8. The molecule has 1 aliphatic rings. The van der Waals surface area contributed by atoms with Gasteiger partial charge in [0.2, 0.25) is 0 Å². The monoisotopic (exact) mass is 330 g/mol. The number of carbonyl (C=O) groups excluding carboxylic acids is 1. The molecule has 1 fully saturated rings. The van der Waals surface area contributed by atoms with Crippen molar-refractivity contribution in [2.75, 3.05) is 6.54 Å². The summed E-state index contributed by atoms with van der Waals surface area (Å²) < 4.78 is 0. The first-order valence-corrected chi connectivity index (χ1v) is 7.35. The Labute approximate surface area is 132 Å². The molecule has 2 heterocycles. The number of aromatic nitrogens is 1. The zero-order valence-corrected chi connectivity index (χ0v) is 13.3. The molecule has 114 valence electrons. The third kappa shape index (κ3) is 3.14. The molecule has 0 radical (unpaired) electrons. The highest BCUT2D eigenvalue weighted by Crippen LogP contribution is 2.36. The first-order valence-electron chi connectivity index (χ1n) is 6.60. The number of pyridine rings is 1. The Hall–Kier alpha value is -1.33. The minimum absolute atomic E-state index is 0.0139. The topological polar surface area (TPSA) is 70.5 Å². The van der Waals surface area contributed by atoms with Gasteiger partial charge in [-0.3, -0.25) is 4.79 Å². The number of carbonyl (C=O) groups is 2. The van der Waals surface area contributed by atoms with Crippen LogP contribution < -0.4 is 0 Å². The maximum atomic E-state index is 12.6. The van der Waals surface area contributed by atoms with Crippen LogP contribution >= 0.6 is 23.2 Å². The summed E-state index contributed by atoms with van der Waals surface area (Å²) in [6, 6.07) is 2.05. The van der Waals surface area contributed by atoms with E-state index in [1.807, 2.05) is 13.8 Å². The van der Waals surface area contributed by atoms with Crippen molar-refractivity contribution < 1.29 is 14.7 Å². The van der Waals surface area contributed by atoms with Gasteiger partial charge in [0, 0.05) is 6.54 Å². The van der Waals surface area contributed by atoms with Crippen molar-refractivity contribution in [1.82, 2.24) is 9.88 Å². The molecular formula is C14H16Cl2N2O3. The lowest BCUT2D eigenvalue weighted by molar-refractivity contribution is -0.148. The van der Waals surface area contributed by atoms with Crippen LogP contribution in [-0.4, -0.2) is 39.5 Å². The fourth-order valence-corrected chi connectivity index (χ4v) is 3.23. The molecule has 1 unspecified atom stereocenters. The fourth-order valence-electron chi connectivity index (χ4n) is 2.81. The quantitative estimate of drug-likeness (QED) is 0.846. The number of carboxylic acid groups (broad SMARTS) is 1. The Morgan fingerprint density at radius 3 is 2.62 bits per heavy atom. The Morgan fingerprint density at radius 2 is 2.05 bits per heavy atom. The molecule has 0 bridgehead atoms. The highest BCUT2D eigenvalue weighted by atomic mass is 35.5. The molecule has 1 saturated heterocycles. The van der Waals surface area contributed by atoms with Gasteiger partial charge in [-0.25, -0.2) is 9.78 Å². The summed E-state index contributed by atoms with van der Waals surface area (Å²) in [5.74, 6) is -1.43. The van der Waals surface area contributed by atoms with Crippen LogP contribution in [0.15, 0.2) is 12.1 Å². The SMILES string of the molecule is CC1(C)CCCN(C(=O)c2ccc(Cl)nc2Cl)C1C(=O)O. The van der Waals surface area contributed by atoms with Crippen LogP contribution in [0.5, 0.6) is 0 Å². The molecule has 21 heavy (non-hydrogen) atoms. The molecule has 1 aromatic heterocycles. The number of rotatable bonds is 2. The van der Waals surface area contributed by atoms with E-state index in [0.717, 1.165) is 12.8 Å². The van der Waals surface area contributed by atoms with Crippen LogP contribution in [0, 0.1) is 5.41 Å². The number of carboxylic acids is 1. The lowest BCUT2D eigenvalue weighted by Crippen LogP contribution is -2.56. The summed E-state index contributed by atoms with van der Waals surface area (Å²) in [5.41, 5.74) is -0.323. The minimum Gasteiger partial charge on any atom is -0.480 e. The molecule has 0 aromatic carbocycles. The number of piperidine rings is 1. The van der Waals surface area contributed by atoms with E-state index in [2.05, 4.69) is 4.98 Å². The number of halogens is 2. The minimum atomic E-state index is -1.01. The van der Waals surface area contributed by atoms with E-state index in [1.165, 1.54) is 17.0 Å². The summed E-state index contributed by atoms with van der Waals surface area (Å²) in [6.45, 7) is 4.10. The largest absolute Gasteiger partial charge is 0.480 e. The average Bonchev–Trinajstić information content (AvgIpc) is 2.36. The standard InChI is InChI=1S/C14H16Cl2N2O3/c1-14(2)6-3-7-18(10(14)13(20)21)12(19)8-4-5-9(15)17-11(8)16/h4-5,10H,3,6-7H2,1-2H3,(H,20,21). The Balaban J connectivity index is 2.38. The van der Waals surface area contributed by atoms with Crippen molar-refractivity contribution >= 4 is 35.1 Å². The highest BCUT2D eigenvalue weighted by molar-refractivity contribution is 6.34. The third-order valence-corrected chi connectivity index (χ3v) is 4.31. The molecule has 7 heteroatoms. The van der Waals surface area contributed by atoms with Crippen LogP contribution in [0.1, 0.15) is 37.0 Å². The number of hydrogen-bond donors (Lipinski definition) is 1. The van der Waals surface area contributed by atoms with E-state index in [0.29, 0.717) is 6.54 Å². The summed E-state index contributed by atoms with van der Waals surface area (Å²) in [5, 5.41) is 9.66. The van der Waals surface area contributed by atoms with Crippen LogP contribution in [0.4, 0.5) is 0 Å². The van der Waals surface area contributed by atoms with E-state index in [1.54, 1.807) is 0 Å². The lowest BCUT2D eigenvalue weighted by atomic mass is 9.76. The molecule has 1 amide bonds. The molecular weight excluding hydrogens is 315 g/mol. The van der Waals surface area contributed by atoms with Crippen LogP contribution in [0.3, 0.4) is 0 Å². The smallest absolute Gasteiger partial charge is 0.326 e. The highest BCUT2D eigenvalue weighted by Gasteiger charge is 2.45. The number of hydrogen-bond acceptors (Lipinski definition) is 3. The van der Waals surface area contributed by atoms with Gasteiger partial charge in [0.25, 0.3) is 5.91 Å². The van der Waals surface area contributed by atoms with Crippen LogP contribution in [-0.2, 0) is 4.79 Å². The molecule has 1 N–H and O–H groups in total. The van der Waals surface area contributed by atoms with Gasteiger partial charge in [0.1, 0.15) is 16.3 Å². The lowest BCUT2D eigenvalue weighted by Gasteiger charge is -2.44. The van der Waals surface area contributed by atoms with Gasteiger partial charge in [0.05, 0.1) is 5.56 Å². The first-order chi connectivity index (χ1) is 9.74. The molecule has 5 nitrogen and oxygen atoms in total. The van der Waals surface area contributed by atoms with E-state index in [9.17, 15) is 14.7 Å². The maximum Gasteiger partial charge on any atom is 0.326 e. The first kappa shape index (κ1) is 16.0. The molecule has 1 atom stereocenters. The molecule has 0 aliphatic carbocycles. The summed E-state index contributed by atoms with van der Waals surface area (Å²) in [6.07, 6.45) is 1.50. The number of amides is 1. The Kier molecular flexibility index (Phi) is 4.44. The van der Waals surface area contributed by atoms with Gasteiger partial charge in [-0.1, -0.05) is 37.0 Å². The molecule has 1 aliphatic heterocycles. The molecule has 0 spiro atoms. The van der Waals surface area contributed by atoms with E-state index >= 15 is 0 Å². The third-order valence-electron chi connectivity index (χ3n) is 3.81. The molecule has 2 rings (SSSR count). The van der Waals surface area contributed by atoms with Crippen LogP contribution in [0.25, 0.3) is 0 Å². The maximum absolute atomic E-state index is 12.6. The van der Waals surface area contributed by atoms with Gasteiger partial charge < -0.3 is 10.0 Å². The van der Waals surface area contributed by atoms with E-state index in [-0.39, 0.29) is 15.9 Å². The average molecular weight is 331 g/mol. The van der Waals surface area contributed by atoms with Gasteiger partial charge >= 0.3 is 5.97 Å². The van der Waals surface area contributed by atoms with E-state index < -0.39 is 23.3 Å². The van der Waals surface area contributed by atoms with Crippen molar-refractivity contribution in [3.63, 3.8) is 0 Å². The molecule has 1 aromatic rings. The molecule has 0 saturated carbocycles. The normalized spacial score (nSPS) is 21.1. The Bertz CT molecular complexity index is 590. The van der Waals surface area contributed by atoms with Crippen molar-refractivity contribution in [3.05, 3.63) is 28.0 Å². The zero-order valence-electron chi connectivity index (χ0n) is 11.8. The summed E-state index contributed by atoms with van der Waals surface area (Å²) in [4.78, 5) is 29.4. The number of nitrogens with zero attached hydrogens (tertiary/aromatic N) is 2. The Morgan fingerprint density at radius 1 is 1.38 bits per heavy atom. The van der Waals surface area contributed by atoms with Gasteiger partial charge in [-0.05, 0) is 30.4 Å². The van der Waals surface area contributed by atoms with Crippen molar-refractivity contribution in [2.45, 2.75) is 32.7 Å². The van der Waals surface area contributed by atoms with Crippen LogP contribution in [0.2, 0.25) is 10.3 Å². The van der Waals surface area contributed by atoms with Crippen molar-refractivity contribution in [3.8, 4) is 0 Å². The fraction of sp³-hybridized carbons (Fsp3) is 0.500. The summed E-state index contributed by atoms with van der Waals surface area (Å²) in [7, 11) is 0. The predicted molar refractivity (Wildman–Crippen MR) is 79.7 cm³/mol. The van der Waals surface area contributed by atoms with Gasteiger partial charge in [-0.15, -0.1) is 0 Å². The second kappa shape index (κ2) is 5.81. The van der Waals surface area contributed by atoms with E-state index in [4.69, 9.17) is 23.2 Å². The number of aliphatic carboxylic acids is 1. The summed E-state index contributed by atoms with van der Waals surface area (Å²) >= 11 is 11.7. The van der Waals surface area contributed by atoms with Gasteiger partial charge in [0.15, 0.2) is 0 Å². The second-order valence-electron chi connectivity index (χ2n) is 5.80. The van der Waals surface area contributed by atoms with Gasteiger partial charge in [-0.2, -0.15) is 0 Å². The van der Waals surface area contributed by atoms with Crippen molar-refractivity contribution in [1.29, 1.82) is 0 Å². The second-order valence-corrected chi connectivity index (χ2v) is 6.55. The predicted octanol–water partition coefficient (Wildman–Crippen LogP) is 3.10. The van der Waals surface area contributed by atoms with Crippen molar-refractivity contribution in [2.24, 2.45) is 5.41 Å². The number of likely N-dealkylation sites (tertiary alicyclic amines) is 1.